The minimum atomic E-state index is -0.367. The van der Waals surface area contributed by atoms with E-state index in [1.54, 1.807) is 0 Å². The first-order chi connectivity index (χ1) is 7.01. The maximum Gasteiger partial charge on any atom is 0.0840 e. The molecule has 15 heavy (non-hydrogen) atoms. The summed E-state index contributed by atoms with van der Waals surface area (Å²) in [4.78, 5) is 0. The van der Waals surface area contributed by atoms with Crippen molar-refractivity contribution in [2.45, 2.75) is 46.6 Å². The molecule has 0 heterocycles. The monoisotopic (exact) mass is 206 g/mol. The quantitative estimate of drug-likeness (QED) is 0.796. The molecule has 0 radical (unpaired) electrons. The first kappa shape index (κ1) is 12.3. The van der Waals surface area contributed by atoms with Crippen LogP contribution in [0.15, 0.2) is 24.3 Å². The molecule has 0 bridgehead atoms. The van der Waals surface area contributed by atoms with Crippen LogP contribution in [0, 0.1) is 5.41 Å². The van der Waals surface area contributed by atoms with Crippen molar-refractivity contribution in [1.82, 2.24) is 0 Å². The molecule has 0 saturated carbocycles. The molecule has 0 spiro atoms. The van der Waals surface area contributed by atoms with Crippen molar-refractivity contribution in [3.05, 3.63) is 35.4 Å². The van der Waals surface area contributed by atoms with Gasteiger partial charge in [0.2, 0.25) is 0 Å². The number of rotatable bonds is 4. The van der Waals surface area contributed by atoms with Crippen molar-refractivity contribution in [3.8, 4) is 0 Å². The van der Waals surface area contributed by atoms with Crippen molar-refractivity contribution in [2.75, 3.05) is 0 Å². The highest BCUT2D eigenvalue weighted by Gasteiger charge is 2.26. The van der Waals surface area contributed by atoms with E-state index in [9.17, 15) is 5.11 Å². The standard InChI is InChI=1S/C14H22O/c1-5-11-7-9-12(10-8-11)13(15)14(3,4)6-2/h7-10,13,15H,5-6H2,1-4H3. The molecule has 1 rings (SSSR count). The second kappa shape index (κ2) is 4.80. The topological polar surface area (TPSA) is 20.2 Å². The van der Waals surface area contributed by atoms with Gasteiger partial charge >= 0.3 is 0 Å². The van der Waals surface area contributed by atoms with E-state index in [4.69, 9.17) is 0 Å². The van der Waals surface area contributed by atoms with Crippen LogP contribution in [0.3, 0.4) is 0 Å². The Labute approximate surface area is 93.1 Å². The molecule has 1 heteroatoms. The van der Waals surface area contributed by atoms with Gasteiger partial charge < -0.3 is 5.11 Å². The van der Waals surface area contributed by atoms with Crippen LogP contribution in [0.4, 0.5) is 0 Å². The van der Waals surface area contributed by atoms with E-state index in [1.165, 1.54) is 5.56 Å². The molecule has 1 atom stereocenters. The number of hydrogen-bond acceptors (Lipinski definition) is 1. The van der Waals surface area contributed by atoms with Gasteiger partial charge in [-0.05, 0) is 29.4 Å². The van der Waals surface area contributed by atoms with Gasteiger partial charge in [0.25, 0.3) is 0 Å². The van der Waals surface area contributed by atoms with Crippen LogP contribution in [0.25, 0.3) is 0 Å². The van der Waals surface area contributed by atoms with Crippen molar-refractivity contribution >= 4 is 0 Å². The molecule has 0 aliphatic carbocycles. The Balaban J connectivity index is 2.87. The van der Waals surface area contributed by atoms with Crippen LogP contribution in [0.1, 0.15) is 51.3 Å². The van der Waals surface area contributed by atoms with Crippen LogP contribution in [-0.2, 0) is 6.42 Å². The van der Waals surface area contributed by atoms with Gasteiger partial charge in [-0.1, -0.05) is 52.0 Å². The summed E-state index contributed by atoms with van der Waals surface area (Å²) in [5.41, 5.74) is 2.30. The Bertz CT molecular complexity index is 298. The van der Waals surface area contributed by atoms with E-state index in [-0.39, 0.29) is 11.5 Å². The number of aryl methyl sites for hydroxylation is 1. The fraction of sp³-hybridized carbons (Fsp3) is 0.571. The normalized spacial score (nSPS) is 13.9. The average Bonchev–Trinajstić information content (AvgIpc) is 2.28. The molecule has 1 nitrogen and oxygen atoms in total. The lowest BCUT2D eigenvalue weighted by Crippen LogP contribution is -2.20. The van der Waals surface area contributed by atoms with Gasteiger partial charge in [-0.25, -0.2) is 0 Å². The third-order valence-electron chi connectivity index (χ3n) is 3.36. The van der Waals surface area contributed by atoms with Gasteiger partial charge in [-0.3, -0.25) is 0 Å². The lowest BCUT2D eigenvalue weighted by Gasteiger charge is -2.29. The van der Waals surface area contributed by atoms with Crippen molar-refractivity contribution in [2.24, 2.45) is 5.41 Å². The molecule has 0 aromatic heterocycles. The molecule has 1 aromatic carbocycles. The van der Waals surface area contributed by atoms with Gasteiger partial charge in [-0.15, -0.1) is 0 Å². The highest BCUT2D eigenvalue weighted by Crippen LogP contribution is 2.35. The zero-order valence-electron chi connectivity index (χ0n) is 10.2. The zero-order chi connectivity index (χ0) is 11.5. The second-order valence-corrected chi connectivity index (χ2v) is 4.84. The van der Waals surface area contributed by atoms with Crippen molar-refractivity contribution in [3.63, 3.8) is 0 Å². The SMILES string of the molecule is CCc1ccc(C(O)C(C)(C)CC)cc1. The van der Waals surface area contributed by atoms with E-state index in [1.807, 2.05) is 12.1 Å². The first-order valence-corrected chi connectivity index (χ1v) is 5.78. The van der Waals surface area contributed by atoms with Crippen molar-refractivity contribution in [1.29, 1.82) is 0 Å². The van der Waals surface area contributed by atoms with Gasteiger partial charge in [-0.2, -0.15) is 0 Å². The molecule has 84 valence electrons. The summed E-state index contributed by atoms with van der Waals surface area (Å²) in [6.45, 7) is 8.46. The molecular formula is C14H22O. The molecule has 1 unspecified atom stereocenters. The lowest BCUT2D eigenvalue weighted by molar-refractivity contribution is 0.0465. The van der Waals surface area contributed by atoms with E-state index < -0.39 is 0 Å². The van der Waals surface area contributed by atoms with Crippen LogP contribution in [0.5, 0.6) is 0 Å². The summed E-state index contributed by atoms with van der Waals surface area (Å²) in [6, 6.07) is 8.29. The molecule has 0 saturated heterocycles. The van der Waals surface area contributed by atoms with Crippen LogP contribution in [0.2, 0.25) is 0 Å². The van der Waals surface area contributed by atoms with Crippen molar-refractivity contribution < 1.29 is 5.11 Å². The Kier molecular flexibility index (Phi) is 3.92. The smallest absolute Gasteiger partial charge is 0.0840 e. The Morgan fingerprint density at radius 1 is 1.13 bits per heavy atom. The van der Waals surface area contributed by atoms with E-state index >= 15 is 0 Å². The van der Waals surface area contributed by atoms with Gasteiger partial charge in [0.1, 0.15) is 0 Å². The average molecular weight is 206 g/mol. The van der Waals surface area contributed by atoms with Gasteiger partial charge in [0.05, 0.1) is 6.10 Å². The van der Waals surface area contributed by atoms with E-state index in [0.29, 0.717) is 0 Å². The highest BCUT2D eigenvalue weighted by atomic mass is 16.3. The highest BCUT2D eigenvalue weighted by molar-refractivity contribution is 5.25. The molecule has 0 fully saturated rings. The predicted molar refractivity (Wildman–Crippen MR) is 64.9 cm³/mol. The Hall–Kier alpha value is -0.820. The molecule has 1 aromatic rings. The first-order valence-electron chi connectivity index (χ1n) is 5.78. The second-order valence-electron chi connectivity index (χ2n) is 4.84. The molecular weight excluding hydrogens is 184 g/mol. The third-order valence-corrected chi connectivity index (χ3v) is 3.36. The lowest BCUT2D eigenvalue weighted by atomic mass is 9.80. The number of hydrogen-bond donors (Lipinski definition) is 1. The van der Waals surface area contributed by atoms with Crippen LogP contribution < -0.4 is 0 Å². The summed E-state index contributed by atoms with van der Waals surface area (Å²) in [5.74, 6) is 0. The fourth-order valence-corrected chi connectivity index (χ4v) is 1.58. The Morgan fingerprint density at radius 3 is 2.07 bits per heavy atom. The number of benzene rings is 1. The molecule has 0 aliphatic rings. The van der Waals surface area contributed by atoms with Crippen LogP contribution >= 0.6 is 0 Å². The van der Waals surface area contributed by atoms with Gasteiger partial charge in [0, 0.05) is 0 Å². The van der Waals surface area contributed by atoms with Gasteiger partial charge in [0.15, 0.2) is 0 Å². The third kappa shape index (κ3) is 2.82. The maximum absolute atomic E-state index is 10.2. The Morgan fingerprint density at radius 2 is 1.67 bits per heavy atom. The zero-order valence-corrected chi connectivity index (χ0v) is 10.2. The number of aliphatic hydroxyl groups is 1. The summed E-state index contributed by atoms with van der Waals surface area (Å²) in [5, 5.41) is 10.2. The minimum absolute atomic E-state index is 0.0479. The minimum Gasteiger partial charge on any atom is -0.388 e. The maximum atomic E-state index is 10.2. The fourth-order valence-electron chi connectivity index (χ4n) is 1.58. The van der Waals surface area contributed by atoms with E-state index in [2.05, 4.69) is 39.8 Å². The molecule has 0 amide bonds. The predicted octanol–water partition coefficient (Wildman–Crippen LogP) is 3.72. The largest absolute Gasteiger partial charge is 0.388 e. The summed E-state index contributed by atoms with van der Waals surface area (Å²) < 4.78 is 0. The number of aliphatic hydroxyl groups excluding tert-OH is 1. The molecule has 1 N–H and O–H groups in total. The molecule has 0 aliphatic heterocycles. The van der Waals surface area contributed by atoms with E-state index in [0.717, 1.165) is 18.4 Å². The summed E-state index contributed by atoms with van der Waals surface area (Å²) in [7, 11) is 0. The van der Waals surface area contributed by atoms with Crippen LogP contribution in [-0.4, -0.2) is 5.11 Å². The summed E-state index contributed by atoms with van der Waals surface area (Å²) >= 11 is 0. The summed E-state index contributed by atoms with van der Waals surface area (Å²) in [6.07, 6.45) is 1.66.